The lowest BCUT2D eigenvalue weighted by molar-refractivity contribution is -0.139. The van der Waals surface area contributed by atoms with E-state index in [-0.39, 0.29) is 17.3 Å². The normalized spacial score (nSPS) is 11.8. The van der Waals surface area contributed by atoms with Crippen LogP contribution in [-0.2, 0) is 26.2 Å². The average Bonchev–Trinajstić information content (AvgIpc) is 3.04. The van der Waals surface area contributed by atoms with Crippen LogP contribution in [0.3, 0.4) is 0 Å². The molecule has 0 unspecified atom stereocenters. The van der Waals surface area contributed by atoms with E-state index < -0.39 is 28.5 Å². The lowest BCUT2D eigenvalue weighted by Crippen LogP contribution is -2.51. The number of ether oxygens (including phenoxy) is 1. The Kier molecular flexibility index (Phi) is 11.2. The number of unbranched alkanes of at least 4 members (excludes halogenated alkanes) is 1. The molecule has 0 saturated carbocycles. The molecule has 0 aliphatic carbocycles. The summed E-state index contributed by atoms with van der Waals surface area (Å²) in [5.74, 6) is 0.361. The first kappa shape index (κ1) is 32.3. The fourth-order valence-corrected chi connectivity index (χ4v) is 6.08. The third-order valence-electron chi connectivity index (χ3n) is 7.31. The molecule has 9 heteroatoms. The number of rotatable bonds is 14. The Morgan fingerprint density at radius 2 is 1.41 bits per heavy atom. The summed E-state index contributed by atoms with van der Waals surface area (Å²) in [6, 6.07) is 30.6. The molecule has 0 bridgehead atoms. The molecular formula is C35H39N3O5S. The van der Waals surface area contributed by atoms with Crippen LogP contribution in [0, 0.1) is 6.92 Å². The number of carbonyl (C=O) groups is 2. The number of sulfonamides is 1. The zero-order chi connectivity index (χ0) is 31.5. The zero-order valence-corrected chi connectivity index (χ0v) is 26.2. The lowest BCUT2D eigenvalue weighted by Gasteiger charge is -2.32. The maximum atomic E-state index is 14.1. The van der Waals surface area contributed by atoms with E-state index in [0.29, 0.717) is 23.7 Å². The van der Waals surface area contributed by atoms with Crippen molar-refractivity contribution in [3.8, 4) is 11.5 Å². The predicted octanol–water partition coefficient (Wildman–Crippen LogP) is 6.32. The van der Waals surface area contributed by atoms with E-state index in [0.717, 1.165) is 28.3 Å². The first-order valence-corrected chi connectivity index (χ1v) is 16.2. The second-order valence-electron chi connectivity index (χ2n) is 10.5. The van der Waals surface area contributed by atoms with Crippen molar-refractivity contribution in [3.63, 3.8) is 0 Å². The van der Waals surface area contributed by atoms with Crippen LogP contribution < -0.4 is 14.4 Å². The van der Waals surface area contributed by atoms with Gasteiger partial charge in [-0.25, -0.2) is 8.42 Å². The molecule has 0 radical (unpaired) electrons. The highest BCUT2D eigenvalue weighted by molar-refractivity contribution is 7.92. The van der Waals surface area contributed by atoms with Crippen molar-refractivity contribution in [3.05, 3.63) is 120 Å². The maximum Gasteiger partial charge on any atom is 0.264 e. The Labute approximate surface area is 260 Å². The summed E-state index contributed by atoms with van der Waals surface area (Å²) < 4.78 is 35.0. The molecule has 1 atom stereocenters. The van der Waals surface area contributed by atoms with E-state index in [4.69, 9.17) is 4.74 Å². The zero-order valence-electron chi connectivity index (χ0n) is 25.3. The second-order valence-corrected chi connectivity index (χ2v) is 12.4. The lowest BCUT2D eigenvalue weighted by atomic mass is 10.1. The maximum absolute atomic E-state index is 14.1. The van der Waals surface area contributed by atoms with Crippen LogP contribution in [0.2, 0.25) is 0 Å². The van der Waals surface area contributed by atoms with Gasteiger partial charge in [-0.15, -0.1) is 0 Å². The van der Waals surface area contributed by atoms with Gasteiger partial charge >= 0.3 is 0 Å². The molecule has 0 heterocycles. The largest absolute Gasteiger partial charge is 0.457 e. The molecule has 0 spiro atoms. The summed E-state index contributed by atoms with van der Waals surface area (Å²) in [6.45, 7) is 5.79. The van der Waals surface area contributed by atoms with Crippen LogP contribution in [0.4, 0.5) is 5.69 Å². The summed E-state index contributed by atoms with van der Waals surface area (Å²) in [6.07, 6.45) is 1.74. The Hall–Kier alpha value is -4.63. The van der Waals surface area contributed by atoms with E-state index in [1.165, 1.54) is 17.0 Å². The standard InChI is InChI=1S/C35H39N3O5S/c1-4-5-24-36-35(40)28(3)37(25-29-15-13-12-14-27(29)2)34(39)26-38(44(41,42)33-18-10-7-11-19-33)30-20-22-32(23-21-30)43-31-16-8-6-9-17-31/h6-23,28H,4-5,24-26H2,1-3H3,(H,36,40)/t28-/m1/s1. The molecule has 0 saturated heterocycles. The minimum Gasteiger partial charge on any atom is -0.457 e. The van der Waals surface area contributed by atoms with Gasteiger partial charge in [-0.05, 0) is 79.9 Å². The molecule has 0 aliphatic rings. The van der Waals surface area contributed by atoms with Gasteiger partial charge in [-0.1, -0.05) is 74.0 Å². The number of amides is 2. The Bertz CT molecular complexity index is 1630. The fourth-order valence-electron chi connectivity index (χ4n) is 4.64. The Morgan fingerprint density at radius 3 is 2.05 bits per heavy atom. The number of carbonyl (C=O) groups excluding carboxylic acids is 2. The van der Waals surface area contributed by atoms with Crippen LogP contribution in [0.1, 0.15) is 37.8 Å². The van der Waals surface area contributed by atoms with E-state index in [1.54, 1.807) is 49.4 Å². The monoisotopic (exact) mass is 613 g/mol. The average molecular weight is 614 g/mol. The van der Waals surface area contributed by atoms with Gasteiger partial charge < -0.3 is 15.0 Å². The SMILES string of the molecule is CCCCNC(=O)[C@@H](C)N(Cc1ccccc1C)C(=O)CN(c1ccc(Oc2ccccc2)cc1)S(=O)(=O)c1ccccc1. The van der Waals surface area contributed by atoms with Crippen LogP contribution in [-0.4, -0.2) is 44.3 Å². The van der Waals surface area contributed by atoms with Crippen molar-refractivity contribution in [1.82, 2.24) is 10.2 Å². The van der Waals surface area contributed by atoms with Crippen molar-refractivity contribution in [2.45, 2.75) is 51.1 Å². The molecule has 4 aromatic carbocycles. The summed E-state index contributed by atoms with van der Waals surface area (Å²) in [7, 11) is -4.15. The molecule has 1 N–H and O–H groups in total. The number of nitrogens with one attached hydrogen (secondary N) is 1. The first-order valence-electron chi connectivity index (χ1n) is 14.7. The van der Waals surface area contributed by atoms with Gasteiger partial charge in [0.15, 0.2) is 0 Å². The van der Waals surface area contributed by atoms with Crippen LogP contribution >= 0.6 is 0 Å². The predicted molar refractivity (Wildman–Crippen MR) is 173 cm³/mol. The van der Waals surface area contributed by atoms with E-state index in [9.17, 15) is 18.0 Å². The van der Waals surface area contributed by atoms with E-state index >= 15 is 0 Å². The summed E-state index contributed by atoms with van der Waals surface area (Å²) >= 11 is 0. The van der Waals surface area contributed by atoms with Crippen LogP contribution in [0.25, 0.3) is 0 Å². The summed E-state index contributed by atoms with van der Waals surface area (Å²) in [5.41, 5.74) is 2.12. The molecular weight excluding hydrogens is 574 g/mol. The Morgan fingerprint density at radius 1 is 0.818 bits per heavy atom. The number of benzene rings is 4. The molecule has 4 aromatic rings. The second kappa shape index (κ2) is 15.2. The third-order valence-corrected chi connectivity index (χ3v) is 9.10. The van der Waals surface area contributed by atoms with Crippen molar-refractivity contribution in [2.24, 2.45) is 0 Å². The molecule has 0 aromatic heterocycles. The van der Waals surface area contributed by atoms with Gasteiger partial charge in [0, 0.05) is 13.1 Å². The number of nitrogens with zero attached hydrogens (tertiary/aromatic N) is 2. The van der Waals surface area contributed by atoms with Crippen LogP contribution in [0.5, 0.6) is 11.5 Å². The number of hydrogen-bond donors (Lipinski definition) is 1. The first-order chi connectivity index (χ1) is 21.2. The third kappa shape index (κ3) is 8.26. The van der Waals surface area contributed by atoms with Crippen molar-refractivity contribution in [2.75, 3.05) is 17.4 Å². The summed E-state index contributed by atoms with van der Waals surface area (Å²) in [5, 5.41) is 2.91. The molecule has 2 amide bonds. The van der Waals surface area contributed by atoms with E-state index in [1.807, 2.05) is 68.4 Å². The molecule has 0 aliphatic heterocycles. The van der Waals surface area contributed by atoms with Crippen molar-refractivity contribution < 1.29 is 22.7 Å². The number of aryl methyl sites for hydroxylation is 1. The summed E-state index contributed by atoms with van der Waals surface area (Å²) in [4.78, 5) is 28.8. The number of hydrogen-bond acceptors (Lipinski definition) is 5. The highest BCUT2D eigenvalue weighted by atomic mass is 32.2. The van der Waals surface area contributed by atoms with Crippen molar-refractivity contribution >= 4 is 27.5 Å². The van der Waals surface area contributed by atoms with Gasteiger partial charge in [0.05, 0.1) is 10.6 Å². The number of anilines is 1. The van der Waals surface area contributed by atoms with Crippen molar-refractivity contribution in [1.29, 1.82) is 0 Å². The molecule has 44 heavy (non-hydrogen) atoms. The smallest absolute Gasteiger partial charge is 0.264 e. The molecule has 230 valence electrons. The van der Waals surface area contributed by atoms with Gasteiger partial charge in [-0.2, -0.15) is 0 Å². The highest BCUT2D eigenvalue weighted by Gasteiger charge is 2.32. The number of para-hydroxylation sites is 1. The molecule has 4 rings (SSSR count). The van der Waals surface area contributed by atoms with E-state index in [2.05, 4.69) is 5.32 Å². The molecule has 8 nitrogen and oxygen atoms in total. The fraction of sp³-hybridized carbons (Fsp3) is 0.257. The van der Waals surface area contributed by atoms with Gasteiger partial charge in [0.25, 0.3) is 10.0 Å². The van der Waals surface area contributed by atoms with Gasteiger partial charge in [0.2, 0.25) is 11.8 Å². The van der Waals surface area contributed by atoms with Crippen LogP contribution in [0.15, 0.2) is 114 Å². The minimum atomic E-state index is -4.15. The quantitative estimate of drug-likeness (QED) is 0.168. The topological polar surface area (TPSA) is 96.0 Å². The highest BCUT2D eigenvalue weighted by Crippen LogP contribution is 2.28. The van der Waals surface area contributed by atoms with Gasteiger partial charge in [-0.3, -0.25) is 13.9 Å². The minimum absolute atomic E-state index is 0.0493. The molecule has 0 fully saturated rings. The van der Waals surface area contributed by atoms with Gasteiger partial charge in [0.1, 0.15) is 24.1 Å². The Balaban J connectivity index is 1.68.